The van der Waals surface area contributed by atoms with Crippen molar-refractivity contribution in [1.82, 2.24) is 0 Å². The van der Waals surface area contributed by atoms with Crippen LogP contribution in [0, 0.1) is 0 Å². The molecule has 3 aromatic rings. The van der Waals surface area contributed by atoms with Crippen LogP contribution in [0.1, 0.15) is 11.1 Å². The Balaban J connectivity index is 1.92. The standard InChI is InChI=1S/C19H13NO2/c21-18-19(14-7-3-4-8-15(14)20-18)11-22-16-10-9-12-5-1-2-6-13(12)17(16)19/h1-10H,11H2,(H,20,21). The van der Waals surface area contributed by atoms with Gasteiger partial charge in [-0.2, -0.15) is 0 Å². The highest BCUT2D eigenvalue weighted by atomic mass is 16.5. The molecule has 0 fully saturated rings. The third kappa shape index (κ3) is 1.24. The highest BCUT2D eigenvalue weighted by molar-refractivity contribution is 6.12. The average Bonchev–Trinajstić information content (AvgIpc) is 3.09. The molecule has 3 nitrogen and oxygen atoms in total. The van der Waals surface area contributed by atoms with E-state index in [-0.39, 0.29) is 5.91 Å². The van der Waals surface area contributed by atoms with Gasteiger partial charge in [0.2, 0.25) is 5.91 Å². The van der Waals surface area contributed by atoms with Crippen molar-refractivity contribution in [2.75, 3.05) is 11.9 Å². The van der Waals surface area contributed by atoms with Gasteiger partial charge in [0.05, 0.1) is 0 Å². The van der Waals surface area contributed by atoms with E-state index < -0.39 is 5.41 Å². The fourth-order valence-electron chi connectivity index (χ4n) is 3.78. The molecule has 1 N–H and O–H groups in total. The van der Waals surface area contributed by atoms with E-state index in [9.17, 15) is 4.79 Å². The summed E-state index contributed by atoms with van der Waals surface area (Å²) in [6.07, 6.45) is 0. The molecule has 3 aromatic carbocycles. The lowest BCUT2D eigenvalue weighted by atomic mass is 9.75. The minimum absolute atomic E-state index is 0.00352. The first kappa shape index (κ1) is 11.8. The number of hydrogen-bond donors (Lipinski definition) is 1. The van der Waals surface area contributed by atoms with Gasteiger partial charge in [0, 0.05) is 11.3 Å². The third-order valence-electron chi connectivity index (χ3n) is 4.78. The van der Waals surface area contributed by atoms with Crippen LogP contribution < -0.4 is 10.1 Å². The number of para-hydroxylation sites is 1. The Labute approximate surface area is 127 Å². The fraction of sp³-hybridized carbons (Fsp3) is 0.105. The van der Waals surface area contributed by atoms with Crippen LogP contribution in [-0.4, -0.2) is 12.5 Å². The topological polar surface area (TPSA) is 38.3 Å². The lowest BCUT2D eigenvalue weighted by Gasteiger charge is -2.21. The van der Waals surface area contributed by atoms with Crippen LogP contribution >= 0.6 is 0 Å². The van der Waals surface area contributed by atoms with Gasteiger partial charge in [-0.05, 0) is 28.5 Å². The van der Waals surface area contributed by atoms with Crippen molar-refractivity contribution in [3.63, 3.8) is 0 Å². The van der Waals surface area contributed by atoms with Crippen LogP contribution in [0.3, 0.4) is 0 Å². The largest absolute Gasteiger partial charge is 0.491 e. The predicted octanol–water partition coefficient (Wildman–Crippen LogP) is 3.47. The van der Waals surface area contributed by atoms with Crippen molar-refractivity contribution >= 4 is 22.4 Å². The molecule has 2 aliphatic rings. The van der Waals surface area contributed by atoms with Crippen LogP contribution in [0.2, 0.25) is 0 Å². The smallest absolute Gasteiger partial charge is 0.243 e. The van der Waals surface area contributed by atoms with Gasteiger partial charge in [0.1, 0.15) is 17.8 Å². The number of fused-ring (bicyclic) bond motifs is 6. The summed E-state index contributed by atoms with van der Waals surface area (Å²) >= 11 is 0. The van der Waals surface area contributed by atoms with Crippen LogP contribution in [-0.2, 0) is 10.2 Å². The van der Waals surface area contributed by atoms with Gasteiger partial charge in [0.15, 0.2) is 0 Å². The van der Waals surface area contributed by atoms with E-state index in [4.69, 9.17) is 4.74 Å². The molecule has 0 saturated carbocycles. The second kappa shape index (κ2) is 3.89. The number of carbonyl (C=O) groups excluding carboxylic acids is 1. The highest BCUT2D eigenvalue weighted by Gasteiger charge is 2.54. The van der Waals surface area contributed by atoms with E-state index in [1.807, 2.05) is 48.5 Å². The third-order valence-corrected chi connectivity index (χ3v) is 4.78. The molecule has 1 amide bonds. The molecular formula is C19H13NO2. The molecule has 106 valence electrons. The van der Waals surface area contributed by atoms with E-state index in [0.29, 0.717) is 6.61 Å². The number of amides is 1. The molecule has 22 heavy (non-hydrogen) atoms. The molecule has 2 aliphatic heterocycles. The van der Waals surface area contributed by atoms with Crippen LogP contribution in [0.4, 0.5) is 5.69 Å². The van der Waals surface area contributed by atoms with Gasteiger partial charge in [0.25, 0.3) is 0 Å². The van der Waals surface area contributed by atoms with Gasteiger partial charge in [-0.25, -0.2) is 0 Å². The Morgan fingerprint density at radius 2 is 1.77 bits per heavy atom. The van der Waals surface area contributed by atoms with Gasteiger partial charge in [-0.15, -0.1) is 0 Å². The molecule has 0 aliphatic carbocycles. The number of nitrogens with one attached hydrogen (secondary N) is 1. The van der Waals surface area contributed by atoms with E-state index in [0.717, 1.165) is 33.3 Å². The van der Waals surface area contributed by atoms with Gasteiger partial charge in [-0.1, -0.05) is 48.5 Å². The molecule has 1 spiro atoms. The normalized spacial score (nSPS) is 21.5. The first-order valence-electron chi connectivity index (χ1n) is 7.37. The summed E-state index contributed by atoms with van der Waals surface area (Å²) in [4.78, 5) is 12.9. The first-order valence-corrected chi connectivity index (χ1v) is 7.37. The Morgan fingerprint density at radius 1 is 0.955 bits per heavy atom. The van der Waals surface area contributed by atoms with E-state index in [1.165, 1.54) is 0 Å². The zero-order chi connectivity index (χ0) is 14.7. The maximum absolute atomic E-state index is 12.9. The summed E-state index contributed by atoms with van der Waals surface area (Å²) in [5.74, 6) is 0.814. The second-order valence-corrected chi connectivity index (χ2v) is 5.85. The lowest BCUT2D eigenvalue weighted by molar-refractivity contribution is -0.119. The maximum Gasteiger partial charge on any atom is 0.243 e. The van der Waals surface area contributed by atoms with Gasteiger partial charge < -0.3 is 10.1 Å². The van der Waals surface area contributed by atoms with Crippen molar-refractivity contribution in [3.8, 4) is 5.75 Å². The van der Waals surface area contributed by atoms with Gasteiger partial charge in [-0.3, -0.25) is 4.79 Å². The molecule has 2 heterocycles. The summed E-state index contributed by atoms with van der Waals surface area (Å²) in [7, 11) is 0. The molecule has 0 aromatic heterocycles. The van der Waals surface area contributed by atoms with Crippen molar-refractivity contribution in [2.24, 2.45) is 0 Å². The average molecular weight is 287 g/mol. The van der Waals surface area contributed by atoms with Crippen molar-refractivity contribution < 1.29 is 9.53 Å². The summed E-state index contributed by atoms with van der Waals surface area (Å²) in [5.41, 5.74) is 2.16. The lowest BCUT2D eigenvalue weighted by Crippen LogP contribution is -2.37. The Kier molecular flexibility index (Phi) is 2.09. The molecule has 0 saturated heterocycles. The summed E-state index contributed by atoms with van der Waals surface area (Å²) in [5, 5.41) is 5.23. The molecule has 5 rings (SSSR count). The maximum atomic E-state index is 12.9. The highest BCUT2D eigenvalue weighted by Crippen LogP contribution is 2.52. The number of carbonyl (C=O) groups is 1. The van der Waals surface area contributed by atoms with E-state index >= 15 is 0 Å². The van der Waals surface area contributed by atoms with Crippen LogP contribution in [0.25, 0.3) is 10.8 Å². The molecule has 0 bridgehead atoms. The zero-order valence-electron chi connectivity index (χ0n) is 11.8. The Bertz CT molecular complexity index is 947. The molecule has 0 radical (unpaired) electrons. The number of hydrogen-bond acceptors (Lipinski definition) is 2. The van der Waals surface area contributed by atoms with Crippen LogP contribution in [0.5, 0.6) is 5.75 Å². The minimum Gasteiger partial charge on any atom is -0.491 e. The molecule has 1 atom stereocenters. The number of ether oxygens (including phenoxy) is 1. The summed E-state index contributed by atoms with van der Waals surface area (Å²) < 4.78 is 5.91. The van der Waals surface area contributed by atoms with Crippen molar-refractivity contribution in [1.29, 1.82) is 0 Å². The molecule has 3 heteroatoms. The van der Waals surface area contributed by atoms with E-state index in [2.05, 4.69) is 17.4 Å². The summed E-state index contributed by atoms with van der Waals surface area (Å²) in [6.45, 7) is 0.360. The fourth-order valence-corrected chi connectivity index (χ4v) is 3.78. The number of anilines is 1. The summed E-state index contributed by atoms with van der Waals surface area (Å²) in [6, 6.07) is 20.1. The Hall–Kier alpha value is -2.81. The molecule has 1 unspecified atom stereocenters. The number of benzene rings is 3. The van der Waals surface area contributed by atoms with Gasteiger partial charge >= 0.3 is 0 Å². The first-order chi connectivity index (χ1) is 10.8. The Morgan fingerprint density at radius 3 is 2.73 bits per heavy atom. The predicted molar refractivity (Wildman–Crippen MR) is 85.3 cm³/mol. The second-order valence-electron chi connectivity index (χ2n) is 5.85. The molecular weight excluding hydrogens is 274 g/mol. The monoisotopic (exact) mass is 287 g/mol. The SMILES string of the molecule is O=C1Nc2ccccc2C12COc1ccc3ccccc3c12. The van der Waals surface area contributed by atoms with Crippen LogP contribution in [0.15, 0.2) is 60.7 Å². The van der Waals surface area contributed by atoms with E-state index in [1.54, 1.807) is 0 Å². The zero-order valence-corrected chi connectivity index (χ0v) is 11.8. The number of rotatable bonds is 0. The minimum atomic E-state index is -0.729. The quantitative estimate of drug-likeness (QED) is 0.687. The van der Waals surface area contributed by atoms with Crippen molar-refractivity contribution in [3.05, 3.63) is 71.8 Å². The van der Waals surface area contributed by atoms with Crippen molar-refractivity contribution in [2.45, 2.75) is 5.41 Å².